The number of carbonyl (C=O) groups is 2. The monoisotopic (exact) mass is 393 g/mol. The van der Waals surface area contributed by atoms with Crippen LogP contribution >= 0.6 is 23.2 Å². The number of anilines is 2. The van der Waals surface area contributed by atoms with Gasteiger partial charge < -0.3 is 14.5 Å². The zero-order chi connectivity index (χ0) is 18.8. The van der Waals surface area contributed by atoms with Crippen LogP contribution in [0.5, 0.6) is 5.75 Å². The third kappa shape index (κ3) is 3.74. The molecule has 0 aliphatic rings. The van der Waals surface area contributed by atoms with Crippen LogP contribution in [0.2, 0.25) is 10.0 Å². The van der Waals surface area contributed by atoms with Gasteiger partial charge in [-0.3, -0.25) is 14.9 Å². The van der Waals surface area contributed by atoms with Crippen LogP contribution in [-0.2, 0) is 4.79 Å². The smallest absolute Gasteiger partial charge is 0.302 e. The second-order valence-electron chi connectivity index (χ2n) is 5.31. The molecule has 2 aromatic carbocycles. The third-order valence-electron chi connectivity index (χ3n) is 3.39. The van der Waals surface area contributed by atoms with Crippen molar-refractivity contribution in [3.8, 4) is 5.75 Å². The van der Waals surface area contributed by atoms with E-state index in [0.29, 0.717) is 21.8 Å². The van der Waals surface area contributed by atoms with E-state index >= 15 is 0 Å². The van der Waals surface area contributed by atoms with Gasteiger partial charge in [-0.05, 0) is 24.3 Å². The minimum Gasteiger partial charge on any atom is -0.494 e. The molecular formula is C17H13Cl2N3O4. The van der Waals surface area contributed by atoms with Crippen LogP contribution in [0.1, 0.15) is 17.3 Å². The minimum absolute atomic E-state index is 0.0110. The zero-order valence-electron chi connectivity index (χ0n) is 13.7. The number of halogens is 2. The molecule has 2 amide bonds. The van der Waals surface area contributed by atoms with Crippen LogP contribution in [0.25, 0.3) is 11.1 Å². The highest BCUT2D eigenvalue weighted by Gasteiger charge is 2.19. The second-order valence-corrected chi connectivity index (χ2v) is 6.15. The number of nitrogens with one attached hydrogen (secondary N) is 2. The number of carbonyl (C=O) groups excluding carboxylic acids is 2. The van der Waals surface area contributed by atoms with Crippen molar-refractivity contribution in [3.05, 3.63) is 45.9 Å². The highest BCUT2D eigenvalue weighted by atomic mass is 35.5. The Hall–Kier alpha value is -2.77. The highest BCUT2D eigenvalue weighted by Crippen LogP contribution is 2.33. The molecule has 0 saturated heterocycles. The van der Waals surface area contributed by atoms with Crippen molar-refractivity contribution in [2.24, 2.45) is 0 Å². The van der Waals surface area contributed by atoms with E-state index in [4.69, 9.17) is 32.4 Å². The summed E-state index contributed by atoms with van der Waals surface area (Å²) in [4.78, 5) is 27.8. The lowest BCUT2D eigenvalue weighted by Crippen LogP contribution is -2.13. The molecule has 0 aliphatic carbocycles. The fourth-order valence-corrected chi connectivity index (χ4v) is 2.93. The summed E-state index contributed by atoms with van der Waals surface area (Å²) >= 11 is 12.0. The standard InChI is InChI=1S/C17H13Cl2N3O4/c1-8(23)20-10-3-4-13-14(7-10)26-17(21-13)22-16(24)11-5-9(18)6-12(19)15(11)25-2/h3-7H,1-2H3,(H,20,23)(H,21,22,24). The normalized spacial score (nSPS) is 10.6. The van der Waals surface area contributed by atoms with Gasteiger partial charge in [0.2, 0.25) is 5.91 Å². The predicted molar refractivity (Wildman–Crippen MR) is 99.3 cm³/mol. The molecule has 2 N–H and O–H groups in total. The van der Waals surface area contributed by atoms with Gasteiger partial charge in [-0.15, -0.1) is 0 Å². The molecule has 0 aliphatic heterocycles. The van der Waals surface area contributed by atoms with Gasteiger partial charge in [0.15, 0.2) is 5.58 Å². The van der Waals surface area contributed by atoms with E-state index in [1.165, 1.54) is 26.2 Å². The number of ether oxygens (including phenoxy) is 1. The lowest BCUT2D eigenvalue weighted by atomic mass is 10.2. The van der Waals surface area contributed by atoms with Crippen LogP contribution in [0.4, 0.5) is 11.7 Å². The molecule has 0 spiro atoms. The number of hydrogen-bond donors (Lipinski definition) is 2. The van der Waals surface area contributed by atoms with Gasteiger partial charge in [0, 0.05) is 23.7 Å². The Kier molecular flexibility index (Phi) is 5.01. The van der Waals surface area contributed by atoms with E-state index < -0.39 is 5.91 Å². The summed E-state index contributed by atoms with van der Waals surface area (Å²) in [5.74, 6) is -0.556. The van der Waals surface area contributed by atoms with E-state index in [0.717, 1.165) is 0 Å². The predicted octanol–water partition coefficient (Wildman–Crippen LogP) is 4.35. The van der Waals surface area contributed by atoms with Gasteiger partial charge in [0.05, 0.1) is 17.7 Å². The topological polar surface area (TPSA) is 93.5 Å². The maximum absolute atomic E-state index is 12.5. The molecule has 0 radical (unpaired) electrons. The van der Waals surface area contributed by atoms with Crippen LogP contribution in [-0.4, -0.2) is 23.9 Å². The lowest BCUT2D eigenvalue weighted by Gasteiger charge is -2.09. The number of aromatic nitrogens is 1. The van der Waals surface area contributed by atoms with E-state index in [-0.39, 0.29) is 28.3 Å². The molecular weight excluding hydrogens is 381 g/mol. The van der Waals surface area contributed by atoms with Crippen molar-refractivity contribution in [1.29, 1.82) is 0 Å². The first-order valence-corrected chi connectivity index (χ1v) is 8.15. The van der Waals surface area contributed by atoms with Crippen LogP contribution in [0, 0.1) is 0 Å². The fourth-order valence-electron chi connectivity index (χ4n) is 2.36. The molecule has 1 aromatic heterocycles. The number of amides is 2. The van der Waals surface area contributed by atoms with Crippen molar-refractivity contribution in [2.45, 2.75) is 6.92 Å². The maximum Gasteiger partial charge on any atom is 0.302 e. The number of oxazole rings is 1. The van der Waals surface area contributed by atoms with Crippen molar-refractivity contribution < 1.29 is 18.7 Å². The summed E-state index contributed by atoms with van der Waals surface area (Å²) in [6.07, 6.45) is 0. The van der Waals surface area contributed by atoms with Gasteiger partial charge in [0.1, 0.15) is 11.3 Å². The first kappa shape index (κ1) is 18.0. The Balaban J connectivity index is 1.89. The Morgan fingerprint density at radius 3 is 2.62 bits per heavy atom. The number of benzene rings is 2. The Labute approximate surface area is 158 Å². The molecule has 0 bridgehead atoms. The van der Waals surface area contributed by atoms with Crippen molar-refractivity contribution in [2.75, 3.05) is 17.7 Å². The number of rotatable bonds is 4. The van der Waals surface area contributed by atoms with Crippen molar-refractivity contribution in [3.63, 3.8) is 0 Å². The van der Waals surface area contributed by atoms with Gasteiger partial charge in [0.25, 0.3) is 5.91 Å². The maximum atomic E-state index is 12.5. The van der Waals surface area contributed by atoms with Gasteiger partial charge in [-0.2, -0.15) is 4.98 Å². The zero-order valence-corrected chi connectivity index (χ0v) is 15.2. The van der Waals surface area contributed by atoms with E-state index in [1.54, 1.807) is 18.2 Å². The molecule has 0 saturated carbocycles. The second kappa shape index (κ2) is 7.23. The summed E-state index contributed by atoms with van der Waals surface area (Å²) in [7, 11) is 1.40. The molecule has 0 atom stereocenters. The molecule has 0 fully saturated rings. The number of nitrogens with zero attached hydrogens (tertiary/aromatic N) is 1. The molecule has 134 valence electrons. The average Bonchev–Trinajstić information content (AvgIpc) is 2.95. The first-order valence-electron chi connectivity index (χ1n) is 7.40. The summed E-state index contributed by atoms with van der Waals surface area (Å²) in [5.41, 5.74) is 1.63. The number of hydrogen-bond acceptors (Lipinski definition) is 5. The highest BCUT2D eigenvalue weighted by molar-refractivity contribution is 6.36. The largest absolute Gasteiger partial charge is 0.494 e. The van der Waals surface area contributed by atoms with E-state index in [1.807, 2.05) is 0 Å². The fraction of sp³-hybridized carbons (Fsp3) is 0.118. The van der Waals surface area contributed by atoms with Gasteiger partial charge in [-0.25, -0.2) is 0 Å². The summed E-state index contributed by atoms with van der Waals surface area (Å²) in [6.45, 7) is 1.40. The molecule has 9 heteroatoms. The van der Waals surface area contributed by atoms with Gasteiger partial charge >= 0.3 is 6.01 Å². The summed E-state index contributed by atoms with van der Waals surface area (Å²) in [5, 5.41) is 5.68. The Morgan fingerprint density at radius 2 is 1.92 bits per heavy atom. The van der Waals surface area contributed by atoms with Crippen LogP contribution in [0.15, 0.2) is 34.7 Å². The number of methoxy groups -OCH3 is 1. The molecule has 1 heterocycles. The summed E-state index contributed by atoms with van der Waals surface area (Å²) < 4.78 is 10.7. The van der Waals surface area contributed by atoms with E-state index in [9.17, 15) is 9.59 Å². The molecule has 0 unspecified atom stereocenters. The first-order chi connectivity index (χ1) is 12.4. The molecule has 26 heavy (non-hydrogen) atoms. The molecule has 3 rings (SSSR count). The molecule has 7 nitrogen and oxygen atoms in total. The van der Waals surface area contributed by atoms with Crippen LogP contribution < -0.4 is 15.4 Å². The van der Waals surface area contributed by atoms with Crippen LogP contribution in [0.3, 0.4) is 0 Å². The Bertz CT molecular complexity index is 1020. The quantitative estimate of drug-likeness (QED) is 0.686. The average molecular weight is 394 g/mol. The van der Waals surface area contributed by atoms with Gasteiger partial charge in [-0.1, -0.05) is 23.2 Å². The van der Waals surface area contributed by atoms with E-state index in [2.05, 4.69) is 15.6 Å². The number of fused-ring (bicyclic) bond motifs is 1. The third-order valence-corrected chi connectivity index (χ3v) is 3.89. The van der Waals surface area contributed by atoms with Crippen molar-refractivity contribution in [1.82, 2.24) is 4.98 Å². The lowest BCUT2D eigenvalue weighted by molar-refractivity contribution is -0.114. The Morgan fingerprint density at radius 1 is 1.15 bits per heavy atom. The SMILES string of the molecule is COc1c(Cl)cc(Cl)cc1C(=O)Nc1nc2ccc(NC(C)=O)cc2o1. The summed E-state index contributed by atoms with van der Waals surface area (Å²) in [6, 6.07) is 7.84. The minimum atomic E-state index is -0.542. The van der Waals surface area contributed by atoms with Crippen molar-refractivity contribution >= 4 is 57.8 Å². The molecule has 3 aromatic rings.